The van der Waals surface area contributed by atoms with E-state index in [0.29, 0.717) is 36.2 Å². The molecule has 6 heteroatoms. The lowest BCUT2D eigenvalue weighted by Gasteiger charge is -2.19. The Balaban J connectivity index is 1.79. The third kappa shape index (κ3) is 3.16. The normalized spacial score (nSPS) is 22.4. The number of hydrogen-bond donors (Lipinski definition) is 1. The summed E-state index contributed by atoms with van der Waals surface area (Å²) in [6, 6.07) is 7.19. The summed E-state index contributed by atoms with van der Waals surface area (Å²) in [6.45, 7) is 2.54. The SMILES string of the molecule is Cc1nc(CN2C[C@@H](F)C[C@H]2CO)oc1-c1ccc(Cl)cc1. The van der Waals surface area contributed by atoms with E-state index in [2.05, 4.69) is 4.98 Å². The summed E-state index contributed by atoms with van der Waals surface area (Å²) in [4.78, 5) is 6.30. The lowest BCUT2D eigenvalue weighted by atomic mass is 10.1. The van der Waals surface area contributed by atoms with Crippen LogP contribution >= 0.6 is 11.6 Å². The van der Waals surface area contributed by atoms with Crippen LogP contribution in [0.4, 0.5) is 4.39 Å². The summed E-state index contributed by atoms with van der Waals surface area (Å²) >= 11 is 5.89. The monoisotopic (exact) mass is 324 g/mol. The molecule has 1 aromatic heterocycles. The maximum absolute atomic E-state index is 13.5. The van der Waals surface area contributed by atoms with E-state index in [-0.39, 0.29) is 12.6 Å². The first kappa shape index (κ1) is 15.5. The minimum absolute atomic E-state index is 0.0514. The smallest absolute Gasteiger partial charge is 0.209 e. The van der Waals surface area contributed by atoms with Crippen LogP contribution in [0.2, 0.25) is 5.02 Å². The number of hydrogen-bond acceptors (Lipinski definition) is 4. The minimum Gasteiger partial charge on any atom is -0.439 e. The quantitative estimate of drug-likeness (QED) is 0.938. The maximum Gasteiger partial charge on any atom is 0.209 e. The molecular formula is C16H18ClFN2O2. The average Bonchev–Trinajstić information content (AvgIpc) is 3.03. The van der Waals surface area contributed by atoms with E-state index in [9.17, 15) is 9.50 Å². The van der Waals surface area contributed by atoms with Gasteiger partial charge in [0.15, 0.2) is 5.76 Å². The first-order valence-electron chi connectivity index (χ1n) is 7.28. The van der Waals surface area contributed by atoms with Crippen molar-refractivity contribution < 1.29 is 13.9 Å². The van der Waals surface area contributed by atoms with Gasteiger partial charge >= 0.3 is 0 Å². The number of halogens is 2. The fraction of sp³-hybridized carbons (Fsp3) is 0.438. The van der Waals surface area contributed by atoms with Gasteiger partial charge in [-0.3, -0.25) is 4.90 Å². The Morgan fingerprint density at radius 1 is 1.41 bits per heavy atom. The molecule has 1 aliphatic rings. The molecule has 0 radical (unpaired) electrons. The number of aliphatic hydroxyl groups excluding tert-OH is 1. The van der Waals surface area contributed by atoms with Crippen LogP contribution in [0.25, 0.3) is 11.3 Å². The summed E-state index contributed by atoms with van der Waals surface area (Å²) < 4.78 is 19.3. The van der Waals surface area contributed by atoms with Crippen LogP contribution in [0.3, 0.4) is 0 Å². The molecule has 3 rings (SSSR count). The zero-order chi connectivity index (χ0) is 15.7. The van der Waals surface area contributed by atoms with Crippen molar-refractivity contribution in [2.45, 2.75) is 32.1 Å². The first-order chi connectivity index (χ1) is 10.6. The van der Waals surface area contributed by atoms with Crippen LogP contribution in [0.15, 0.2) is 28.7 Å². The van der Waals surface area contributed by atoms with Gasteiger partial charge in [0.25, 0.3) is 0 Å². The van der Waals surface area contributed by atoms with E-state index in [0.717, 1.165) is 11.3 Å². The van der Waals surface area contributed by atoms with E-state index in [1.807, 2.05) is 24.0 Å². The molecule has 1 aliphatic heterocycles. The molecule has 0 aliphatic carbocycles. The lowest BCUT2D eigenvalue weighted by molar-refractivity contribution is 0.144. The molecule has 118 valence electrons. The van der Waals surface area contributed by atoms with Crippen molar-refractivity contribution in [3.05, 3.63) is 40.9 Å². The van der Waals surface area contributed by atoms with Crippen molar-refractivity contribution in [1.29, 1.82) is 0 Å². The highest BCUT2D eigenvalue weighted by atomic mass is 35.5. The molecule has 1 fully saturated rings. The molecule has 1 N–H and O–H groups in total. The van der Waals surface area contributed by atoms with E-state index in [1.54, 1.807) is 12.1 Å². The van der Waals surface area contributed by atoms with E-state index in [1.165, 1.54) is 0 Å². The molecule has 2 heterocycles. The van der Waals surface area contributed by atoms with Crippen molar-refractivity contribution in [3.8, 4) is 11.3 Å². The van der Waals surface area contributed by atoms with Crippen LogP contribution in [0.1, 0.15) is 18.0 Å². The van der Waals surface area contributed by atoms with Gasteiger partial charge in [0.1, 0.15) is 6.17 Å². The number of oxazole rings is 1. The highest BCUT2D eigenvalue weighted by Gasteiger charge is 2.32. The molecule has 0 bridgehead atoms. The minimum atomic E-state index is -0.899. The molecule has 0 spiro atoms. The number of rotatable bonds is 4. The highest BCUT2D eigenvalue weighted by molar-refractivity contribution is 6.30. The molecule has 0 amide bonds. The van der Waals surface area contributed by atoms with Gasteiger partial charge < -0.3 is 9.52 Å². The number of benzene rings is 1. The standard InChI is InChI=1S/C16H18ClFN2O2/c1-10-16(11-2-4-12(17)5-3-11)22-15(19-10)8-20-7-13(18)6-14(20)9-21/h2-5,13-14,21H,6-9H2,1H3/t13-,14-/m0/s1. The molecule has 1 aromatic carbocycles. The van der Waals surface area contributed by atoms with E-state index < -0.39 is 6.17 Å². The van der Waals surface area contributed by atoms with Gasteiger partial charge in [-0.25, -0.2) is 9.37 Å². The second-order valence-electron chi connectivity index (χ2n) is 5.63. The van der Waals surface area contributed by atoms with Crippen LogP contribution < -0.4 is 0 Å². The molecule has 0 unspecified atom stereocenters. The van der Waals surface area contributed by atoms with Gasteiger partial charge in [-0.15, -0.1) is 0 Å². The van der Waals surface area contributed by atoms with Gasteiger partial charge in [-0.1, -0.05) is 11.6 Å². The van der Waals surface area contributed by atoms with Crippen molar-refractivity contribution in [2.75, 3.05) is 13.2 Å². The number of likely N-dealkylation sites (tertiary alicyclic amines) is 1. The average molecular weight is 325 g/mol. The summed E-state index contributed by atoms with van der Waals surface area (Å²) in [5.74, 6) is 1.23. The molecule has 2 atom stereocenters. The summed E-state index contributed by atoms with van der Waals surface area (Å²) in [5.41, 5.74) is 1.69. The van der Waals surface area contributed by atoms with Crippen molar-refractivity contribution in [2.24, 2.45) is 0 Å². The zero-order valence-electron chi connectivity index (χ0n) is 12.3. The number of aliphatic hydroxyl groups is 1. The van der Waals surface area contributed by atoms with Crippen molar-refractivity contribution >= 4 is 11.6 Å². The number of aryl methyl sites for hydroxylation is 1. The molecule has 2 aromatic rings. The summed E-state index contributed by atoms with van der Waals surface area (Å²) in [6.07, 6.45) is -0.538. The fourth-order valence-corrected chi connectivity index (χ4v) is 2.99. The predicted molar refractivity (Wildman–Crippen MR) is 82.5 cm³/mol. The Kier molecular flexibility index (Phi) is 4.47. The highest BCUT2D eigenvalue weighted by Crippen LogP contribution is 2.28. The lowest BCUT2D eigenvalue weighted by Crippen LogP contribution is -2.31. The van der Waals surface area contributed by atoms with E-state index >= 15 is 0 Å². The second kappa shape index (κ2) is 6.36. The van der Waals surface area contributed by atoms with Crippen molar-refractivity contribution in [1.82, 2.24) is 9.88 Å². The molecular weight excluding hydrogens is 307 g/mol. The second-order valence-corrected chi connectivity index (χ2v) is 6.06. The number of alkyl halides is 1. The molecule has 0 saturated carbocycles. The zero-order valence-corrected chi connectivity index (χ0v) is 13.1. The Bertz CT molecular complexity index is 644. The molecule has 1 saturated heterocycles. The summed E-state index contributed by atoms with van der Waals surface area (Å²) in [7, 11) is 0. The van der Waals surface area contributed by atoms with Crippen LogP contribution in [0.5, 0.6) is 0 Å². The topological polar surface area (TPSA) is 49.5 Å². The third-order valence-corrected chi connectivity index (χ3v) is 4.23. The Morgan fingerprint density at radius 3 is 2.82 bits per heavy atom. The Labute approximate surface area is 133 Å². The van der Waals surface area contributed by atoms with Gasteiger partial charge in [-0.2, -0.15) is 0 Å². The van der Waals surface area contributed by atoms with Crippen LogP contribution in [0, 0.1) is 6.92 Å². The number of nitrogens with zero attached hydrogens (tertiary/aromatic N) is 2. The Morgan fingerprint density at radius 2 is 2.14 bits per heavy atom. The predicted octanol–water partition coefficient (Wildman–Crippen LogP) is 3.21. The number of aromatic nitrogens is 1. The first-order valence-corrected chi connectivity index (χ1v) is 7.66. The molecule has 4 nitrogen and oxygen atoms in total. The third-order valence-electron chi connectivity index (χ3n) is 3.97. The van der Waals surface area contributed by atoms with Gasteiger partial charge in [0.05, 0.1) is 18.8 Å². The van der Waals surface area contributed by atoms with Gasteiger partial charge in [-0.05, 0) is 37.6 Å². The van der Waals surface area contributed by atoms with Crippen LogP contribution in [-0.2, 0) is 6.54 Å². The molecule has 22 heavy (non-hydrogen) atoms. The summed E-state index contributed by atoms with van der Waals surface area (Å²) in [5, 5.41) is 9.99. The van der Waals surface area contributed by atoms with E-state index in [4.69, 9.17) is 16.0 Å². The maximum atomic E-state index is 13.5. The van der Waals surface area contributed by atoms with Gasteiger partial charge in [0, 0.05) is 23.2 Å². The largest absolute Gasteiger partial charge is 0.439 e. The van der Waals surface area contributed by atoms with Gasteiger partial charge in [0.2, 0.25) is 5.89 Å². The Hall–Kier alpha value is -1.43. The fourth-order valence-electron chi connectivity index (χ4n) is 2.87. The van der Waals surface area contributed by atoms with Crippen LogP contribution in [-0.4, -0.2) is 40.4 Å². The van der Waals surface area contributed by atoms with Crippen molar-refractivity contribution in [3.63, 3.8) is 0 Å².